The highest BCUT2D eigenvalue weighted by atomic mass is 79.9. The topological polar surface area (TPSA) is 42.9 Å². The van der Waals surface area contributed by atoms with Crippen molar-refractivity contribution >= 4 is 45.0 Å². The number of benzene rings is 1. The lowest BCUT2D eigenvalue weighted by Crippen LogP contribution is -2.03. The normalized spacial score (nSPS) is 10.3. The van der Waals surface area contributed by atoms with Gasteiger partial charge in [-0.3, -0.25) is 4.79 Å². The lowest BCUT2D eigenvalue weighted by molar-refractivity contribution is 0.103. The molecule has 0 fully saturated rings. The first kappa shape index (κ1) is 10.7. The van der Waals surface area contributed by atoms with Gasteiger partial charge in [0.25, 0.3) is 0 Å². The van der Waals surface area contributed by atoms with E-state index in [0.29, 0.717) is 20.8 Å². The van der Waals surface area contributed by atoms with Crippen LogP contribution in [0.3, 0.4) is 0 Å². The largest absolute Gasteiger partial charge is 0.287 e. The molecule has 2 rings (SSSR count). The Morgan fingerprint density at radius 2 is 2.27 bits per heavy atom. The number of hydrogen-bond donors (Lipinski definition) is 0. The fourth-order valence-electron chi connectivity index (χ4n) is 1.11. The zero-order valence-electron chi connectivity index (χ0n) is 7.28. The van der Waals surface area contributed by atoms with Crippen molar-refractivity contribution in [2.75, 3.05) is 0 Å². The molecule has 0 radical (unpaired) electrons. The summed E-state index contributed by atoms with van der Waals surface area (Å²) in [6.07, 6.45) is 1.43. The monoisotopic (exact) mass is 302 g/mol. The predicted octanol–water partition coefficient (Wildman–Crippen LogP) is 3.19. The summed E-state index contributed by atoms with van der Waals surface area (Å²) in [5, 5.41) is 0.405. The third-order valence-corrected chi connectivity index (χ3v) is 3.24. The highest BCUT2D eigenvalue weighted by Gasteiger charge is 2.17. The van der Waals surface area contributed by atoms with E-state index in [4.69, 9.17) is 11.6 Å². The minimum atomic E-state index is -0.221. The Labute approximate surface area is 104 Å². The average molecular weight is 304 g/mol. The van der Waals surface area contributed by atoms with E-state index < -0.39 is 0 Å². The molecule has 0 aliphatic heterocycles. The maximum atomic E-state index is 11.9. The van der Waals surface area contributed by atoms with Crippen LogP contribution in [0.15, 0.2) is 28.9 Å². The zero-order chi connectivity index (χ0) is 10.8. The SMILES string of the molecule is O=C(c1cnsn1)c1c(Cl)cccc1Br. The number of aromatic nitrogens is 2. The number of halogens is 2. The quantitative estimate of drug-likeness (QED) is 0.800. The number of rotatable bonds is 2. The maximum Gasteiger partial charge on any atom is 0.216 e. The van der Waals surface area contributed by atoms with Crippen LogP contribution in [0.1, 0.15) is 16.1 Å². The number of carbonyl (C=O) groups is 1. The van der Waals surface area contributed by atoms with Crippen LogP contribution < -0.4 is 0 Å². The van der Waals surface area contributed by atoms with Gasteiger partial charge in [0.2, 0.25) is 5.78 Å². The van der Waals surface area contributed by atoms with E-state index >= 15 is 0 Å². The molecule has 76 valence electrons. The van der Waals surface area contributed by atoms with Crippen molar-refractivity contribution in [3.8, 4) is 0 Å². The van der Waals surface area contributed by atoms with Crippen molar-refractivity contribution in [2.24, 2.45) is 0 Å². The van der Waals surface area contributed by atoms with Gasteiger partial charge in [-0.1, -0.05) is 17.7 Å². The minimum Gasteiger partial charge on any atom is -0.287 e. The number of carbonyl (C=O) groups excluding carboxylic acids is 1. The summed E-state index contributed by atoms with van der Waals surface area (Å²) in [5.74, 6) is -0.221. The summed E-state index contributed by atoms with van der Waals surface area (Å²) in [6, 6.07) is 5.20. The second kappa shape index (κ2) is 4.38. The average Bonchev–Trinajstić information content (AvgIpc) is 2.69. The summed E-state index contributed by atoms with van der Waals surface area (Å²) >= 11 is 10.2. The van der Waals surface area contributed by atoms with Crippen LogP contribution in [0.2, 0.25) is 5.02 Å². The van der Waals surface area contributed by atoms with E-state index in [0.717, 1.165) is 11.7 Å². The van der Waals surface area contributed by atoms with E-state index in [2.05, 4.69) is 24.7 Å². The van der Waals surface area contributed by atoms with Gasteiger partial charge in [-0.15, -0.1) is 0 Å². The van der Waals surface area contributed by atoms with Gasteiger partial charge < -0.3 is 0 Å². The molecule has 1 aromatic carbocycles. The van der Waals surface area contributed by atoms with E-state index in [1.165, 1.54) is 6.20 Å². The molecule has 0 spiro atoms. The first-order valence-electron chi connectivity index (χ1n) is 3.96. The Balaban J connectivity index is 2.51. The second-order valence-corrected chi connectivity index (χ2v) is 4.54. The van der Waals surface area contributed by atoms with Crippen molar-refractivity contribution in [3.63, 3.8) is 0 Å². The van der Waals surface area contributed by atoms with Crippen molar-refractivity contribution in [3.05, 3.63) is 45.1 Å². The molecule has 1 heterocycles. The van der Waals surface area contributed by atoms with Gasteiger partial charge >= 0.3 is 0 Å². The van der Waals surface area contributed by atoms with Crippen LogP contribution in [0.25, 0.3) is 0 Å². The Morgan fingerprint density at radius 3 is 2.87 bits per heavy atom. The second-order valence-electron chi connectivity index (χ2n) is 2.72. The maximum absolute atomic E-state index is 11.9. The van der Waals surface area contributed by atoms with Crippen molar-refractivity contribution < 1.29 is 4.79 Å². The molecule has 15 heavy (non-hydrogen) atoms. The van der Waals surface area contributed by atoms with Crippen molar-refractivity contribution in [1.29, 1.82) is 0 Å². The van der Waals surface area contributed by atoms with E-state index in [-0.39, 0.29) is 5.78 Å². The summed E-state index contributed by atoms with van der Waals surface area (Å²) < 4.78 is 8.32. The fourth-order valence-corrected chi connectivity index (χ4v) is 2.44. The summed E-state index contributed by atoms with van der Waals surface area (Å²) in [6.45, 7) is 0. The molecule has 6 heteroatoms. The van der Waals surface area contributed by atoms with Crippen LogP contribution in [0.4, 0.5) is 0 Å². The van der Waals surface area contributed by atoms with Crippen molar-refractivity contribution in [1.82, 2.24) is 8.75 Å². The first-order valence-corrected chi connectivity index (χ1v) is 5.86. The Morgan fingerprint density at radius 1 is 1.47 bits per heavy atom. The number of hydrogen-bond acceptors (Lipinski definition) is 4. The molecular formula is C9H4BrClN2OS. The van der Waals surface area contributed by atoms with E-state index in [9.17, 15) is 4.79 Å². The lowest BCUT2D eigenvalue weighted by Gasteiger charge is -2.02. The van der Waals surface area contributed by atoms with Crippen LogP contribution >= 0.6 is 39.3 Å². The summed E-state index contributed by atoms with van der Waals surface area (Å²) in [5.41, 5.74) is 0.737. The molecule has 0 atom stereocenters. The Kier molecular flexibility index (Phi) is 3.14. The molecule has 0 N–H and O–H groups in total. The molecule has 0 amide bonds. The highest BCUT2D eigenvalue weighted by Crippen LogP contribution is 2.26. The molecule has 0 bridgehead atoms. The van der Waals surface area contributed by atoms with Gasteiger partial charge in [0.05, 0.1) is 28.5 Å². The Bertz CT molecular complexity index is 481. The van der Waals surface area contributed by atoms with Gasteiger partial charge in [-0.25, -0.2) is 0 Å². The molecule has 0 saturated carbocycles. The molecule has 2 aromatic rings. The third-order valence-electron chi connectivity index (χ3n) is 1.78. The van der Waals surface area contributed by atoms with Crippen LogP contribution in [-0.2, 0) is 0 Å². The van der Waals surface area contributed by atoms with Gasteiger partial charge in [0, 0.05) is 4.47 Å². The number of ketones is 1. The molecule has 0 saturated heterocycles. The standard InChI is InChI=1S/C9H4BrClN2OS/c10-5-2-1-3-6(11)8(5)9(14)7-4-12-15-13-7/h1-4H. The molecule has 3 nitrogen and oxygen atoms in total. The third kappa shape index (κ3) is 2.09. The molecule has 0 aliphatic rings. The zero-order valence-corrected chi connectivity index (χ0v) is 10.4. The highest BCUT2D eigenvalue weighted by molar-refractivity contribution is 9.10. The molecule has 1 aromatic heterocycles. The Hall–Kier alpha value is -0.780. The summed E-state index contributed by atoms with van der Waals surface area (Å²) in [4.78, 5) is 11.9. The van der Waals surface area contributed by atoms with Gasteiger partial charge in [0.15, 0.2) is 0 Å². The molecular weight excluding hydrogens is 300 g/mol. The predicted molar refractivity (Wildman–Crippen MR) is 62.5 cm³/mol. The number of nitrogens with zero attached hydrogens (tertiary/aromatic N) is 2. The van der Waals surface area contributed by atoms with E-state index in [1.807, 2.05) is 0 Å². The first-order chi connectivity index (χ1) is 7.20. The minimum absolute atomic E-state index is 0.221. The summed E-state index contributed by atoms with van der Waals surface area (Å²) in [7, 11) is 0. The van der Waals surface area contributed by atoms with E-state index in [1.54, 1.807) is 18.2 Å². The molecule has 0 unspecified atom stereocenters. The van der Waals surface area contributed by atoms with Crippen LogP contribution in [0, 0.1) is 0 Å². The van der Waals surface area contributed by atoms with Crippen LogP contribution in [0.5, 0.6) is 0 Å². The smallest absolute Gasteiger partial charge is 0.216 e. The fraction of sp³-hybridized carbons (Fsp3) is 0. The lowest BCUT2D eigenvalue weighted by atomic mass is 10.1. The van der Waals surface area contributed by atoms with Crippen LogP contribution in [-0.4, -0.2) is 14.5 Å². The van der Waals surface area contributed by atoms with Gasteiger partial charge in [-0.05, 0) is 28.1 Å². The van der Waals surface area contributed by atoms with Gasteiger partial charge in [0.1, 0.15) is 5.69 Å². The molecule has 0 aliphatic carbocycles. The van der Waals surface area contributed by atoms with Gasteiger partial charge in [-0.2, -0.15) is 8.75 Å². The van der Waals surface area contributed by atoms with Crippen molar-refractivity contribution in [2.45, 2.75) is 0 Å².